The Labute approximate surface area is 124 Å². The molecule has 1 aliphatic heterocycles. The monoisotopic (exact) mass is 277 g/mol. The fraction of sp³-hybridized carbons (Fsp3) is 1.00. The Morgan fingerprint density at radius 2 is 1.55 bits per heavy atom. The van der Waals surface area contributed by atoms with Crippen molar-refractivity contribution in [3.05, 3.63) is 0 Å². The third-order valence-corrected chi connectivity index (χ3v) is 7.06. The summed E-state index contributed by atoms with van der Waals surface area (Å²) < 4.78 is 5.48. The third kappa shape index (κ3) is 2.43. The van der Waals surface area contributed by atoms with Gasteiger partial charge in [0.15, 0.2) is 0 Å². The molecule has 4 bridgehead atoms. The second kappa shape index (κ2) is 5.28. The average Bonchev–Trinajstić information content (AvgIpc) is 2.44. The zero-order chi connectivity index (χ0) is 13.6. The lowest BCUT2D eigenvalue weighted by Crippen LogP contribution is -2.55. The number of ether oxygens (including phenoxy) is 1. The number of hydrogen-bond donors (Lipinski definition) is 1. The van der Waals surface area contributed by atoms with E-state index in [0.717, 1.165) is 42.9 Å². The van der Waals surface area contributed by atoms with Gasteiger partial charge in [-0.2, -0.15) is 0 Å². The van der Waals surface area contributed by atoms with E-state index in [1.54, 1.807) is 19.3 Å². The van der Waals surface area contributed by atoms with E-state index in [1.807, 2.05) is 0 Å². The molecule has 0 aromatic heterocycles. The summed E-state index contributed by atoms with van der Waals surface area (Å²) in [7, 11) is 0. The second-order valence-corrected chi connectivity index (χ2v) is 8.47. The van der Waals surface area contributed by atoms with Gasteiger partial charge in [0.2, 0.25) is 0 Å². The van der Waals surface area contributed by atoms with Gasteiger partial charge in [0.05, 0.1) is 0 Å². The van der Waals surface area contributed by atoms with E-state index < -0.39 is 0 Å². The van der Waals surface area contributed by atoms with Crippen molar-refractivity contribution >= 4 is 0 Å². The van der Waals surface area contributed by atoms with Crippen LogP contribution >= 0.6 is 0 Å². The van der Waals surface area contributed by atoms with Crippen molar-refractivity contribution in [3.63, 3.8) is 0 Å². The maximum absolute atomic E-state index is 5.48. The van der Waals surface area contributed by atoms with Gasteiger partial charge < -0.3 is 10.1 Å². The van der Waals surface area contributed by atoms with E-state index in [1.165, 1.54) is 38.6 Å². The molecular formula is C18H31NO. The molecule has 4 saturated carbocycles. The van der Waals surface area contributed by atoms with Crippen molar-refractivity contribution in [2.45, 2.75) is 64.3 Å². The molecule has 2 nitrogen and oxygen atoms in total. The molecule has 0 aromatic carbocycles. The molecule has 1 N–H and O–H groups in total. The topological polar surface area (TPSA) is 21.3 Å². The molecule has 0 radical (unpaired) electrons. The molecule has 0 spiro atoms. The van der Waals surface area contributed by atoms with Crippen LogP contribution in [0.15, 0.2) is 0 Å². The molecule has 1 unspecified atom stereocenters. The molecule has 5 aliphatic rings. The van der Waals surface area contributed by atoms with Crippen molar-refractivity contribution < 1.29 is 4.74 Å². The first-order chi connectivity index (χ1) is 9.73. The van der Waals surface area contributed by atoms with Crippen LogP contribution in [0.5, 0.6) is 0 Å². The molecule has 4 aliphatic carbocycles. The van der Waals surface area contributed by atoms with Crippen LogP contribution in [-0.2, 0) is 4.74 Å². The van der Waals surface area contributed by atoms with Crippen molar-refractivity contribution in [3.8, 4) is 0 Å². The lowest BCUT2D eigenvalue weighted by Gasteiger charge is -2.59. The molecule has 0 amide bonds. The molecule has 1 heterocycles. The van der Waals surface area contributed by atoms with Crippen LogP contribution in [0, 0.1) is 29.1 Å². The molecule has 0 aromatic rings. The Morgan fingerprint density at radius 3 is 2.10 bits per heavy atom. The Kier molecular flexibility index (Phi) is 3.58. The van der Waals surface area contributed by atoms with Gasteiger partial charge in [0.25, 0.3) is 0 Å². The minimum atomic E-state index is 0.667. The standard InChI is InChI=1S/C18H31NO/c1-13(19-12-14-2-4-20-5-3-14)18-9-15-6-16(10-18)8-17(7-15)11-18/h13-17,19H,2-12H2,1H3. The third-order valence-electron chi connectivity index (χ3n) is 7.06. The van der Waals surface area contributed by atoms with E-state index in [9.17, 15) is 0 Å². The van der Waals surface area contributed by atoms with E-state index in [2.05, 4.69) is 12.2 Å². The molecular weight excluding hydrogens is 246 g/mol. The van der Waals surface area contributed by atoms with Gasteiger partial charge in [0.1, 0.15) is 0 Å². The fourth-order valence-electron chi connectivity index (χ4n) is 6.22. The number of nitrogens with one attached hydrogen (secondary N) is 1. The van der Waals surface area contributed by atoms with Gasteiger partial charge in [-0.25, -0.2) is 0 Å². The van der Waals surface area contributed by atoms with E-state index in [-0.39, 0.29) is 0 Å². The van der Waals surface area contributed by atoms with Crippen LogP contribution in [0.3, 0.4) is 0 Å². The van der Waals surface area contributed by atoms with Crippen LogP contribution in [0.2, 0.25) is 0 Å². The van der Waals surface area contributed by atoms with Gasteiger partial charge in [-0.3, -0.25) is 0 Å². The maximum Gasteiger partial charge on any atom is 0.0469 e. The first-order valence-electron chi connectivity index (χ1n) is 9.05. The van der Waals surface area contributed by atoms with Gasteiger partial charge in [-0.15, -0.1) is 0 Å². The quantitative estimate of drug-likeness (QED) is 0.847. The number of hydrogen-bond acceptors (Lipinski definition) is 2. The Hall–Kier alpha value is -0.0800. The second-order valence-electron chi connectivity index (χ2n) is 8.47. The Morgan fingerprint density at radius 1 is 1.00 bits per heavy atom. The van der Waals surface area contributed by atoms with Crippen molar-refractivity contribution in [1.82, 2.24) is 5.32 Å². The van der Waals surface area contributed by atoms with Gasteiger partial charge in [-0.1, -0.05) is 0 Å². The fourth-order valence-corrected chi connectivity index (χ4v) is 6.22. The summed E-state index contributed by atoms with van der Waals surface area (Å²) in [4.78, 5) is 0. The molecule has 5 fully saturated rings. The first-order valence-corrected chi connectivity index (χ1v) is 9.05. The van der Waals surface area contributed by atoms with Crippen LogP contribution < -0.4 is 5.32 Å². The molecule has 20 heavy (non-hydrogen) atoms. The highest BCUT2D eigenvalue weighted by molar-refractivity contribution is 5.05. The summed E-state index contributed by atoms with van der Waals surface area (Å²) in [6, 6.07) is 0.735. The lowest BCUT2D eigenvalue weighted by atomic mass is 9.48. The normalized spacial score (nSPS) is 45.8. The molecule has 1 atom stereocenters. The summed E-state index contributed by atoms with van der Waals surface area (Å²) in [6.45, 7) is 5.69. The highest BCUT2D eigenvalue weighted by Crippen LogP contribution is 2.61. The number of rotatable bonds is 4. The van der Waals surface area contributed by atoms with Gasteiger partial charge in [0, 0.05) is 19.3 Å². The predicted octanol–water partition coefficient (Wildman–Crippen LogP) is 3.61. The van der Waals surface area contributed by atoms with Crippen molar-refractivity contribution in [2.24, 2.45) is 29.1 Å². The minimum Gasteiger partial charge on any atom is -0.381 e. The molecule has 114 valence electrons. The summed E-state index contributed by atoms with van der Waals surface area (Å²) >= 11 is 0. The highest BCUT2D eigenvalue weighted by atomic mass is 16.5. The summed E-state index contributed by atoms with van der Waals surface area (Å²) in [5, 5.41) is 3.95. The van der Waals surface area contributed by atoms with E-state index in [0.29, 0.717) is 5.41 Å². The van der Waals surface area contributed by atoms with Crippen molar-refractivity contribution in [1.29, 1.82) is 0 Å². The summed E-state index contributed by atoms with van der Waals surface area (Å²) in [5.74, 6) is 4.09. The molecule has 2 heteroatoms. The zero-order valence-electron chi connectivity index (χ0n) is 13.1. The van der Waals surface area contributed by atoms with E-state index in [4.69, 9.17) is 4.74 Å². The predicted molar refractivity (Wildman–Crippen MR) is 81.6 cm³/mol. The van der Waals surface area contributed by atoms with Crippen molar-refractivity contribution in [2.75, 3.05) is 19.8 Å². The Bertz CT molecular complexity index is 312. The zero-order valence-corrected chi connectivity index (χ0v) is 13.1. The van der Waals surface area contributed by atoms with Crippen LogP contribution in [0.25, 0.3) is 0 Å². The summed E-state index contributed by atoms with van der Waals surface area (Å²) in [6.07, 6.45) is 11.8. The van der Waals surface area contributed by atoms with Crippen LogP contribution in [0.1, 0.15) is 58.3 Å². The molecule has 1 saturated heterocycles. The smallest absolute Gasteiger partial charge is 0.0469 e. The largest absolute Gasteiger partial charge is 0.381 e. The van der Waals surface area contributed by atoms with Crippen LogP contribution in [0.4, 0.5) is 0 Å². The van der Waals surface area contributed by atoms with Crippen LogP contribution in [-0.4, -0.2) is 25.8 Å². The Balaban J connectivity index is 1.36. The average molecular weight is 277 g/mol. The van der Waals surface area contributed by atoms with Gasteiger partial charge in [-0.05, 0) is 93.9 Å². The maximum atomic E-state index is 5.48. The molecule has 5 rings (SSSR count). The summed E-state index contributed by atoms with van der Waals surface area (Å²) in [5.41, 5.74) is 0.667. The SMILES string of the molecule is CC(NCC1CCOCC1)C12CC3CC(CC(C3)C1)C2. The minimum absolute atomic E-state index is 0.667. The first kappa shape index (κ1) is 13.6. The highest BCUT2D eigenvalue weighted by Gasteiger charge is 2.52. The van der Waals surface area contributed by atoms with E-state index >= 15 is 0 Å². The van der Waals surface area contributed by atoms with Gasteiger partial charge >= 0.3 is 0 Å². The lowest BCUT2D eigenvalue weighted by molar-refractivity contribution is -0.0713.